The summed E-state index contributed by atoms with van der Waals surface area (Å²) in [6.45, 7) is 1.84. The van der Waals surface area contributed by atoms with Crippen LogP contribution in [0.4, 0.5) is 0 Å². The lowest BCUT2D eigenvalue weighted by Gasteiger charge is -2.35. The van der Waals surface area contributed by atoms with Crippen molar-refractivity contribution in [2.45, 2.75) is 43.0 Å². The van der Waals surface area contributed by atoms with Crippen molar-refractivity contribution >= 4 is 15.9 Å². The number of likely N-dealkylation sites (tertiary alicyclic amines) is 1. The Labute approximate surface area is 159 Å². The molecule has 0 aliphatic carbocycles. The molecule has 1 aromatic carbocycles. The van der Waals surface area contributed by atoms with Gasteiger partial charge in [-0.25, -0.2) is 13.1 Å². The van der Waals surface area contributed by atoms with Gasteiger partial charge in [0.15, 0.2) is 0 Å². The van der Waals surface area contributed by atoms with E-state index in [1.54, 1.807) is 4.68 Å². The molecule has 0 bridgehead atoms. The van der Waals surface area contributed by atoms with Crippen molar-refractivity contribution < 1.29 is 13.2 Å². The summed E-state index contributed by atoms with van der Waals surface area (Å²) in [5.74, 6) is -0.0498. The largest absolute Gasteiger partial charge is 0.341 e. The number of amides is 1. The zero-order valence-corrected chi connectivity index (χ0v) is 16.0. The van der Waals surface area contributed by atoms with Gasteiger partial charge in [-0.15, -0.1) is 0 Å². The van der Waals surface area contributed by atoms with Crippen molar-refractivity contribution in [1.29, 1.82) is 0 Å². The lowest BCUT2D eigenvalue weighted by atomic mass is 10.0. The van der Waals surface area contributed by atoms with Crippen LogP contribution in [-0.2, 0) is 14.8 Å². The summed E-state index contributed by atoms with van der Waals surface area (Å²) in [7, 11) is -3.77. The van der Waals surface area contributed by atoms with Crippen molar-refractivity contribution in [2.24, 2.45) is 0 Å². The number of aromatic nitrogens is 2. The van der Waals surface area contributed by atoms with Crippen LogP contribution in [0.2, 0.25) is 0 Å². The standard InChI is InChI=1S/C19H24N4O3S/c24-19(21-11-6-7-12-21)18-10-4-5-13-23(18)27(25,26)17-14-20-22(15-17)16-8-2-1-3-9-16/h1-3,8-9,14-15,18H,4-7,10-13H2. The number of benzene rings is 1. The third-order valence-corrected chi connectivity index (χ3v) is 7.20. The van der Waals surface area contributed by atoms with Crippen LogP contribution < -0.4 is 0 Å². The highest BCUT2D eigenvalue weighted by Gasteiger charge is 2.40. The van der Waals surface area contributed by atoms with E-state index in [4.69, 9.17) is 0 Å². The molecule has 2 aromatic rings. The Morgan fingerprint density at radius 3 is 2.44 bits per heavy atom. The van der Waals surface area contributed by atoms with Gasteiger partial charge in [0.25, 0.3) is 0 Å². The van der Waals surface area contributed by atoms with Crippen LogP contribution in [0.1, 0.15) is 32.1 Å². The summed E-state index contributed by atoms with van der Waals surface area (Å²) in [4.78, 5) is 14.9. The highest BCUT2D eigenvalue weighted by molar-refractivity contribution is 7.89. The van der Waals surface area contributed by atoms with Gasteiger partial charge < -0.3 is 4.90 Å². The molecule has 0 N–H and O–H groups in total. The van der Waals surface area contributed by atoms with Gasteiger partial charge in [0.1, 0.15) is 10.9 Å². The first-order valence-electron chi connectivity index (χ1n) is 9.48. The fraction of sp³-hybridized carbons (Fsp3) is 0.474. The molecule has 1 amide bonds. The van der Waals surface area contributed by atoms with Crippen LogP contribution >= 0.6 is 0 Å². The van der Waals surface area contributed by atoms with E-state index >= 15 is 0 Å². The smallest absolute Gasteiger partial charge is 0.246 e. The molecule has 2 aliphatic rings. The molecule has 2 aliphatic heterocycles. The van der Waals surface area contributed by atoms with Gasteiger partial charge in [-0.1, -0.05) is 24.6 Å². The van der Waals surface area contributed by atoms with Crippen molar-refractivity contribution in [2.75, 3.05) is 19.6 Å². The molecule has 0 radical (unpaired) electrons. The molecular weight excluding hydrogens is 364 g/mol. The van der Waals surface area contributed by atoms with E-state index in [2.05, 4.69) is 5.10 Å². The zero-order valence-electron chi connectivity index (χ0n) is 15.2. The predicted molar refractivity (Wildman–Crippen MR) is 101 cm³/mol. The molecule has 1 atom stereocenters. The maximum absolute atomic E-state index is 13.3. The van der Waals surface area contributed by atoms with Gasteiger partial charge in [-0.05, 0) is 37.8 Å². The Balaban J connectivity index is 1.61. The van der Waals surface area contributed by atoms with Gasteiger partial charge in [0.2, 0.25) is 15.9 Å². The minimum Gasteiger partial charge on any atom is -0.341 e. The third-order valence-electron chi connectivity index (χ3n) is 5.34. The normalized spacial score (nSPS) is 21.5. The first-order chi connectivity index (χ1) is 13.1. The summed E-state index contributed by atoms with van der Waals surface area (Å²) in [5, 5.41) is 4.21. The van der Waals surface area contributed by atoms with E-state index in [0.717, 1.165) is 44.5 Å². The van der Waals surface area contributed by atoms with Crippen LogP contribution in [0.15, 0.2) is 47.6 Å². The molecule has 27 heavy (non-hydrogen) atoms. The lowest BCUT2D eigenvalue weighted by Crippen LogP contribution is -2.52. The number of nitrogens with zero attached hydrogens (tertiary/aromatic N) is 4. The van der Waals surface area contributed by atoms with Crippen molar-refractivity contribution in [3.63, 3.8) is 0 Å². The fourth-order valence-electron chi connectivity index (χ4n) is 3.88. The average Bonchev–Trinajstić information content (AvgIpc) is 3.40. The maximum atomic E-state index is 13.3. The van der Waals surface area contributed by atoms with E-state index in [9.17, 15) is 13.2 Å². The van der Waals surface area contributed by atoms with Crippen LogP contribution in [0.3, 0.4) is 0 Å². The topological polar surface area (TPSA) is 75.5 Å². The second-order valence-corrected chi connectivity index (χ2v) is 9.01. The Kier molecular flexibility index (Phi) is 5.01. The van der Waals surface area contributed by atoms with Gasteiger partial charge in [0.05, 0.1) is 18.1 Å². The van der Waals surface area contributed by atoms with Gasteiger partial charge in [0, 0.05) is 19.6 Å². The molecule has 7 nitrogen and oxygen atoms in total. The summed E-state index contributed by atoms with van der Waals surface area (Å²) < 4.78 is 29.5. The average molecular weight is 388 g/mol. The molecule has 4 rings (SSSR count). The maximum Gasteiger partial charge on any atom is 0.246 e. The van der Waals surface area contributed by atoms with Crippen molar-refractivity contribution in [3.8, 4) is 5.69 Å². The number of carbonyl (C=O) groups is 1. The minimum absolute atomic E-state index is 0.0498. The Morgan fingerprint density at radius 2 is 1.70 bits per heavy atom. The molecule has 144 valence electrons. The Hall–Kier alpha value is -2.19. The molecule has 3 heterocycles. The van der Waals surface area contributed by atoms with E-state index in [0.29, 0.717) is 13.0 Å². The number of hydrogen-bond acceptors (Lipinski definition) is 4. The lowest BCUT2D eigenvalue weighted by molar-refractivity contribution is -0.135. The highest BCUT2D eigenvalue weighted by Crippen LogP contribution is 2.27. The fourth-order valence-corrected chi connectivity index (χ4v) is 5.47. The van der Waals surface area contributed by atoms with Crippen LogP contribution in [-0.4, -0.2) is 59.0 Å². The van der Waals surface area contributed by atoms with E-state index in [1.165, 1.54) is 16.7 Å². The predicted octanol–water partition coefficient (Wildman–Crippen LogP) is 2.04. The van der Waals surface area contributed by atoms with Gasteiger partial charge in [-0.2, -0.15) is 9.40 Å². The van der Waals surface area contributed by atoms with Crippen LogP contribution in [0, 0.1) is 0 Å². The second-order valence-electron chi connectivity index (χ2n) is 7.12. The number of para-hydroxylation sites is 1. The highest BCUT2D eigenvalue weighted by atomic mass is 32.2. The van der Waals surface area contributed by atoms with E-state index in [1.807, 2.05) is 35.2 Å². The first kappa shape index (κ1) is 18.2. The van der Waals surface area contributed by atoms with E-state index < -0.39 is 16.1 Å². The summed E-state index contributed by atoms with van der Waals surface area (Å²) >= 11 is 0. The SMILES string of the molecule is O=C(C1CCCCN1S(=O)(=O)c1cnn(-c2ccccc2)c1)N1CCCC1. The summed E-state index contributed by atoms with van der Waals surface area (Å²) in [5.41, 5.74) is 0.794. The molecule has 0 spiro atoms. The third kappa shape index (κ3) is 3.51. The number of piperidine rings is 1. The van der Waals surface area contributed by atoms with Gasteiger partial charge >= 0.3 is 0 Å². The van der Waals surface area contributed by atoms with Crippen LogP contribution in [0.25, 0.3) is 5.69 Å². The molecule has 8 heteroatoms. The number of carbonyl (C=O) groups excluding carboxylic acids is 1. The monoisotopic (exact) mass is 388 g/mol. The zero-order chi connectivity index (χ0) is 18.9. The second kappa shape index (κ2) is 7.44. The van der Waals surface area contributed by atoms with Crippen LogP contribution in [0.5, 0.6) is 0 Å². The van der Waals surface area contributed by atoms with E-state index in [-0.39, 0.29) is 10.8 Å². The molecule has 1 aromatic heterocycles. The number of sulfonamides is 1. The number of rotatable bonds is 4. The minimum atomic E-state index is -3.77. The Morgan fingerprint density at radius 1 is 1.00 bits per heavy atom. The summed E-state index contributed by atoms with van der Waals surface area (Å²) in [6, 6.07) is 8.78. The molecule has 1 unspecified atom stereocenters. The first-order valence-corrected chi connectivity index (χ1v) is 10.9. The molecule has 2 fully saturated rings. The summed E-state index contributed by atoms with van der Waals surface area (Å²) in [6.07, 6.45) is 7.12. The molecular formula is C19H24N4O3S. The number of hydrogen-bond donors (Lipinski definition) is 0. The quantitative estimate of drug-likeness (QED) is 0.803. The Bertz CT molecular complexity index is 904. The molecule has 2 saturated heterocycles. The van der Waals surface area contributed by atoms with Crippen molar-refractivity contribution in [3.05, 3.63) is 42.7 Å². The van der Waals surface area contributed by atoms with Crippen molar-refractivity contribution in [1.82, 2.24) is 19.0 Å². The van der Waals surface area contributed by atoms with Gasteiger partial charge in [-0.3, -0.25) is 4.79 Å². The molecule has 0 saturated carbocycles.